The summed E-state index contributed by atoms with van der Waals surface area (Å²) < 4.78 is 23.8. The van der Waals surface area contributed by atoms with Crippen LogP contribution in [-0.4, -0.2) is 47.7 Å². The maximum Gasteiger partial charge on any atom is 0.239 e. The van der Waals surface area contributed by atoms with Crippen LogP contribution in [-0.2, 0) is 5.60 Å². The molecule has 2 heterocycles. The van der Waals surface area contributed by atoms with Gasteiger partial charge in [0.2, 0.25) is 5.95 Å². The highest BCUT2D eigenvalue weighted by molar-refractivity contribution is 5.62. The van der Waals surface area contributed by atoms with Crippen LogP contribution in [0.4, 0.5) is 5.95 Å². The van der Waals surface area contributed by atoms with Crippen LogP contribution in [0, 0.1) is 0 Å². The molecule has 5 atom stereocenters. The summed E-state index contributed by atoms with van der Waals surface area (Å²) in [6.07, 6.45) is -0.914. The second-order valence-electron chi connectivity index (χ2n) is 9.33. The van der Waals surface area contributed by atoms with Gasteiger partial charge in [-0.1, -0.05) is 42.5 Å². The van der Waals surface area contributed by atoms with Crippen molar-refractivity contribution in [3.8, 4) is 23.0 Å². The lowest BCUT2D eigenvalue weighted by Crippen LogP contribution is -2.38. The van der Waals surface area contributed by atoms with Crippen LogP contribution in [0.25, 0.3) is 0 Å². The fourth-order valence-corrected chi connectivity index (χ4v) is 6.21. The number of ether oxygens (including phenoxy) is 4. The monoisotopic (exact) mass is 500 g/mol. The lowest BCUT2D eigenvalue weighted by Gasteiger charge is -2.37. The van der Waals surface area contributed by atoms with Crippen molar-refractivity contribution in [3.05, 3.63) is 89.2 Å². The molecule has 9 nitrogen and oxygen atoms in total. The minimum Gasteiger partial charge on any atom is -0.497 e. The first-order valence-corrected chi connectivity index (χ1v) is 12.0. The number of fused-ring (bicyclic) bond motifs is 3. The van der Waals surface area contributed by atoms with E-state index in [1.54, 1.807) is 21.3 Å². The smallest absolute Gasteiger partial charge is 0.239 e. The molecular weight excluding hydrogens is 472 g/mol. The molecule has 0 radical (unpaired) electrons. The fourth-order valence-electron chi connectivity index (χ4n) is 6.21. The molecular formula is C28H28N4O5. The largest absolute Gasteiger partial charge is 0.497 e. The van der Waals surface area contributed by atoms with E-state index in [1.165, 1.54) is 0 Å². The molecule has 2 aliphatic rings. The summed E-state index contributed by atoms with van der Waals surface area (Å²) >= 11 is 0. The van der Waals surface area contributed by atoms with Gasteiger partial charge in [-0.25, -0.2) is 0 Å². The number of rotatable bonds is 6. The van der Waals surface area contributed by atoms with Crippen molar-refractivity contribution in [1.82, 2.24) is 15.2 Å². The number of aromatic nitrogens is 3. The van der Waals surface area contributed by atoms with E-state index in [0.717, 1.165) is 22.4 Å². The number of hydrogen-bond acceptors (Lipinski definition) is 8. The van der Waals surface area contributed by atoms with Crippen LogP contribution in [0.1, 0.15) is 40.3 Å². The molecule has 9 heteroatoms. The Balaban J connectivity index is 1.66. The van der Waals surface area contributed by atoms with Gasteiger partial charge >= 0.3 is 0 Å². The summed E-state index contributed by atoms with van der Waals surface area (Å²) in [6, 6.07) is 21.5. The van der Waals surface area contributed by atoms with E-state index in [2.05, 4.69) is 15.2 Å². The van der Waals surface area contributed by atoms with Crippen molar-refractivity contribution in [2.45, 2.75) is 29.5 Å². The topological polar surface area (TPSA) is 125 Å². The SMILES string of the molecule is COc1ccc([C@@]23Oc4cc(OC)cc(OC)c4C2[C@H](O)[C@H](c2nc(N)n[nH]2)[C@H]3c2ccccc2)cc1. The molecule has 4 N–H and O–H groups in total. The summed E-state index contributed by atoms with van der Waals surface area (Å²) in [7, 11) is 4.83. The van der Waals surface area contributed by atoms with E-state index >= 15 is 0 Å². The average molecular weight is 501 g/mol. The minimum atomic E-state index is -1.01. The lowest BCUT2D eigenvalue weighted by molar-refractivity contribution is 0.0465. The number of aliphatic hydroxyl groups is 1. The van der Waals surface area contributed by atoms with Crippen LogP contribution in [0.2, 0.25) is 0 Å². The second-order valence-corrected chi connectivity index (χ2v) is 9.33. The Kier molecular flexibility index (Phi) is 5.45. The maximum absolute atomic E-state index is 12.2. The Labute approximate surface area is 214 Å². The highest BCUT2D eigenvalue weighted by Crippen LogP contribution is 2.70. The molecule has 1 fully saturated rings. The van der Waals surface area contributed by atoms with Gasteiger partial charge in [0.15, 0.2) is 5.60 Å². The zero-order valence-corrected chi connectivity index (χ0v) is 20.7. The molecule has 1 saturated carbocycles. The van der Waals surface area contributed by atoms with Gasteiger partial charge in [-0.2, -0.15) is 4.98 Å². The summed E-state index contributed by atoms with van der Waals surface area (Å²) in [5.74, 6) is 1.76. The highest BCUT2D eigenvalue weighted by atomic mass is 16.5. The fraction of sp³-hybridized carbons (Fsp3) is 0.286. The van der Waals surface area contributed by atoms with Crippen LogP contribution >= 0.6 is 0 Å². The van der Waals surface area contributed by atoms with Gasteiger partial charge in [-0.05, 0) is 23.3 Å². The quantitative estimate of drug-likeness (QED) is 0.366. The van der Waals surface area contributed by atoms with E-state index < -0.39 is 23.5 Å². The Morgan fingerprint density at radius 3 is 2.27 bits per heavy atom. The molecule has 0 bridgehead atoms. The van der Waals surface area contributed by atoms with Crippen molar-refractivity contribution in [3.63, 3.8) is 0 Å². The predicted molar refractivity (Wildman–Crippen MR) is 136 cm³/mol. The standard InChI is InChI=1S/C28H28N4O5/c1-34-17-11-9-16(10-12-17)28-23(15-7-5-4-6-8-15)22(26-30-27(29)32-31-26)25(33)24(28)21-19(36-3)13-18(35-2)14-20(21)37-28/h4-14,22-25,33H,1-3H3,(H3,29,30,31,32)/t22-,23-,24?,25-,28+/m1/s1. The third kappa shape index (κ3) is 3.34. The number of methoxy groups -OCH3 is 3. The van der Waals surface area contributed by atoms with E-state index in [4.69, 9.17) is 24.7 Å². The normalized spacial score (nSPS) is 25.7. The lowest BCUT2D eigenvalue weighted by atomic mass is 9.73. The van der Waals surface area contributed by atoms with E-state index in [0.29, 0.717) is 23.1 Å². The van der Waals surface area contributed by atoms with Crippen molar-refractivity contribution in [2.75, 3.05) is 27.1 Å². The van der Waals surface area contributed by atoms with E-state index in [1.807, 2.05) is 66.7 Å². The van der Waals surface area contributed by atoms with Gasteiger partial charge < -0.3 is 29.8 Å². The first-order valence-electron chi connectivity index (χ1n) is 12.0. The number of benzene rings is 3. The highest BCUT2D eigenvalue weighted by Gasteiger charge is 2.68. The van der Waals surface area contributed by atoms with Crippen LogP contribution in [0.5, 0.6) is 23.0 Å². The van der Waals surface area contributed by atoms with Gasteiger partial charge in [-0.15, -0.1) is 5.10 Å². The third-order valence-corrected chi connectivity index (χ3v) is 7.65. The van der Waals surface area contributed by atoms with Crippen molar-refractivity contribution >= 4 is 5.95 Å². The summed E-state index contributed by atoms with van der Waals surface area (Å²) in [5.41, 5.74) is 7.55. The predicted octanol–water partition coefficient (Wildman–Crippen LogP) is 3.73. The second kappa shape index (κ2) is 8.70. The van der Waals surface area contributed by atoms with Crippen molar-refractivity contribution in [1.29, 1.82) is 0 Å². The Morgan fingerprint density at radius 1 is 0.919 bits per heavy atom. The molecule has 190 valence electrons. The molecule has 4 aromatic rings. The number of nitrogen functional groups attached to an aromatic ring is 1. The van der Waals surface area contributed by atoms with Crippen LogP contribution in [0.15, 0.2) is 66.7 Å². The number of hydrogen-bond donors (Lipinski definition) is 3. The maximum atomic E-state index is 12.2. The number of aromatic amines is 1. The summed E-state index contributed by atoms with van der Waals surface area (Å²) in [5, 5.41) is 19.2. The molecule has 1 aliphatic carbocycles. The van der Waals surface area contributed by atoms with Crippen molar-refractivity contribution < 1.29 is 24.1 Å². The molecule has 6 rings (SSSR count). The first-order chi connectivity index (χ1) is 18.0. The van der Waals surface area contributed by atoms with Gasteiger partial charge in [-0.3, -0.25) is 5.10 Å². The van der Waals surface area contributed by atoms with Crippen molar-refractivity contribution in [2.24, 2.45) is 0 Å². The zero-order chi connectivity index (χ0) is 25.7. The number of nitrogens with one attached hydrogen (secondary N) is 1. The Hall–Kier alpha value is -4.24. The molecule has 1 aromatic heterocycles. The summed E-state index contributed by atoms with van der Waals surface area (Å²) in [4.78, 5) is 4.45. The average Bonchev–Trinajstić information content (AvgIpc) is 3.59. The van der Waals surface area contributed by atoms with Crippen LogP contribution in [0.3, 0.4) is 0 Å². The Bertz CT molecular complexity index is 1420. The molecule has 0 amide bonds. The molecule has 1 aliphatic heterocycles. The first kappa shape index (κ1) is 23.2. The number of aliphatic hydroxyl groups excluding tert-OH is 1. The Morgan fingerprint density at radius 2 is 1.65 bits per heavy atom. The third-order valence-electron chi connectivity index (χ3n) is 7.65. The molecule has 37 heavy (non-hydrogen) atoms. The molecule has 0 spiro atoms. The number of anilines is 1. The van der Waals surface area contributed by atoms with Gasteiger partial charge in [0, 0.05) is 23.6 Å². The summed E-state index contributed by atoms with van der Waals surface area (Å²) in [6.45, 7) is 0. The van der Waals surface area contributed by atoms with E-state index in [-0.39, 0.29) is 11.9 Å². The van der Waals surface area contributed by atoms with E-state index in [9.17, 15) is 5.11 Å². The minimum absolute atomic E-state index is 0.119. The molecule has 1 unspecified atom stereocenters. The van der Waals surface area contributed by atoms with Gasteiger partial charge in [0.1, 0.15) is 28.8 Å². The number of nitrogens with zero attached hydrogens (tertiary/aromatic N) is 2. The van der Waals surface area contributed by atoms with Gasteiger partial charge in [0.25, 0.3) is 0 Å². The zero-order valence-electron chi connectivity index (χ0n) is 20.7. The number of H-pyrrole nitrogens is 1. The van der Waals surface area contributed by atoms with Gasteiger partial charge in [0.05, 0.1) is 39.3 Å². The van der Waals surface area contributed by atoms with Crippen LogP contribution < -0.4 is 24.7 Å². The molecule has 3 aromatic carbocycles. The number of nitrogens with two attached hydrogens (primary N) is 1. The molecule has 0 saturated heterocycles.